The number of aromatic nitrogens is 2. The lowest BCUT2D eigenvalue weighted by Crippen LogP contribution is -2.06. The van der Waals surface area contributed by atoms with E-state index in [4.69, 9.17) is 14.0 Å². The van der Waals surface area contributed by atoms with Gasteiger partial charge in [0.05, 0.1) is 12.7 Å². The predicted octanol–water partition coefficient (Wildman–Crippen LogP) is 2.70. The first-order chi connectivity index (χ1) is 9.60. The third-order valence-corrected chi connectivity index (χ3v) is 2.36. The van der Waals surface area contributed by atoms with Crippen LogP contribution in [-0.2, 0) is 4.74 Å². The zero-order valence-corrected chi connectivity index (χ0v) is 11.6. The summed E-state index contributed by atoms with van der Waals surface area (Å²) in [5.41, 5.74) is 0.712. The molecule has 1 aromatic carbocycles. The van der Waals surface area contributed by atoms with E-state index in [2.05, 4.69) is 10.1 Å². The topological polar surface area (TPSA) is 74.5 Å². The summed E-state index contributed by atoms with van der Waals surface area (Å²) in [6, 6.07) is 7.20. The van der Waals surface area contributed by atoms with Crippen molar-refractivity contribution in [2.45, 2.75) is 26.9 Å². The molecule has 6 nitrogen and oxygen atoms in total. The first-order valence-electron chi connectivity index (χ1n) is 6.38. The average Bonchev–Trinajstić information content (AvgIpc) is 2.89. The van der Waals surface area contributed by atoms with E-state index in [1.807, 2.05) is 26.0 Å². The SMILES string of the molecule is CCOC(=O)c1noc(-c2ccc(OC(C)C)cc2)n1. The molecule has 1 heterocycles. The molecule has 0 spiro atoms. The summed E-state index contributed by atoms with van der Waals surface area (Å²) >= 11 is 0. The van der Waals surface area contributed by atoms with E-state index in [0.717, 1.165) is 5.75 Å². The van der Waals surface area contributed by atoms with Crippen LogP contribution < -0.4 is 4.74 Å². The van der Waals surface area contributed by atoms with E-state index in [-0.39, 0.29) is 24.4 Å². The maximum atomic E-state index is 11.4. The van der Waals surface area contributed by atoms with Crippen LogP contribution in [0.4, 0.5) is 0 Å². The quantitative estimate of drug-likeness (QED) is 0.782. The monoisotopic (exact) mass is 276 g/mol. The van der Waals surface area contributed by atoms with E-state index < -0.39 is 5.97 Å². The molecule has 0 saturated heterocycles. The molecule has 0 unspecified atom stereocenters. The molecule has 0 aliphatic carbocycles. The largest absolute Gasteiger partial charge is 0.491 e. The highest BCUT2D eigenvalue weighted by molar-refractivity contribution is 5.85. The Hall–Kier alpha value is -2.37. The molecular weight excluding hydrogens is 260 g/mol. The van der Waals surface area contributed by atoms with Crippen LogP contribution in [0, 0.1) is 0 Å². The molecule has 0 atom stereocenters. The van der Waals surface area contributed by atoms with Crippen molar-refractivity contribution in [3.05, 3.63) is 30.1 Å². The molecule has 0 aliphatic rings. The van der Waals surface area contributed by atoms with Crippen LogP contribution in [0.25, 0.3) is 11.5 Å². The van der Waals surface area contributed by atoms with Crippen LogP contribution in [0.2, 0.25) is 0 Å². The number of carbonyl (C=O) groups is 1. The highest BCUT2D eigenvalue weighted by Crippen LogP contribution is 2.21. The van der Waals surface area contributed by atoms with Gasteiger partial charge in [0, 0.05) is 5.56 Å². The zero-order chi connectivity index (χ0) is 14.5. The highest BCUT2D eigenvalue weighted by Gasteiger charge is 2.16. The van der Waals surface area contributed by atoms with Crippen molar-refractivity contribution in [3.8, 4) is 17.2 Å². The van der Waals surface area contributed by atoms with Gasteiger partial charge in [-0.1, -0.05) is 0 Å². The Morgan fingerprint density at radius 1 is 1.30 bits per heavy atom. The summed E-state index contributed by atoms with van der Waals surface area (Å²) < 4.78 is 15.4. The van der Waals surface area contributed by atoms with Crippen LogP contribution >= 0.6 is 0 Å². The molecule has 2 aromatic rings. The fraction of sp³-hybridized carbons (Fsp3) is 0.357. The normalized spacial score (nSPS) is 10.6. The summed E-state index contributed by atoms with van der Waals surface area (Å²) in [5, 5.41) is 3.59. The van der Waals surface area contributed by atoms with Crippen molar-refractivity contribution in [2.24, 2.45) is 0 Å². The summed E-state index contributed by atoms with van der Waals surface area (Å²) in [4.78, 5) is 15.4. The van der Waals surface area contributed by atoms with Gasteiger partial charge in [0.2, 0.25) is 0 Å². The van der Waals surface area contributed by atoms with Crippen LogP contribution in [-0.4, -0.2) is 28.8 Å². The number of esters is 1. The Morgan fingerprint density at radius 3 is 2.60 bits per heavy atom. The van der Waals surface area contributed by atoms with Gasteiger partial charge in [-0.05, 0) is 50.2 Å². The van der Waals surface area contributed by atoms with E-state index in [1.165, 1.54) is 0 Å². The summed E-state index contributed by atoms with van der Waals surface area (Å²) in [7, 11) is 0. The van der Waals surface area contributed by atoms with Gasteiger partial charge in [-0.15, -0.1) is 0 Å². The third-order valence-electron chi connectivity index (χ3n) is 2.36. The Bertz CT molecular complexity index is 575. The standard InChI is InChI=1S/C14H16N2O4/c1-4-18-14(17)12-15-13(20-16-12)10-5-7-11(8-6-10)19-9(2)3/h5-9H,4H2,1-3H3. The van der Waals surface area contributed by atoms with E-state index in [9.17, 15) is 4.79 Å². The average molecular weight is 276 g/mol. The molecular formula is C14H16N2O4. The summed E-state index contributed by atoms with van der Waals surface area (Å²) in [6.45, 7) is 5.89. The van der Waals surface area contributed by atoms with Crippen molar-refractivity contribution in [3.63, 3.8) is 0 Å². The molecule has 106 valence electrons. The number of carbonyl (C=O) groups excluding carboxylic acids is 1. The van der Waals surface area contributed by atoms with Crippen molar-refractivity contribution in [2.75, 3.05) is 6.61 Å². The second kappa shape index (κ2) is 6.18. The number of hydrogen-bond acceptors (Lipinski definition) is 6. The minimum Gasteiger partial charge on any atom is -0.491 e. The maximum Gasteiger partial charge on any atom is 0.379 e. The first kappa shape index (κ1) is 14.0. The molecule has 0 fully saturated rings. The fourth-order valence-electron chi connectivity index (χ4n) is 1.57. The van der Waals surface area contributed by atoms with Crippen LogP contribution in [0.5, 0.6) is 5.75 Å². The predicted molar refractivity (Wildman–Crippen MR) is 71.5 cm³/mol. The van der Waals surface area contributed by atoms with Gasteiger partial charge >= 0.3 is 5.97 Å². The minimum atomic E-state index is -0.595. The lowest BCUT2D eigenvalue weighted by Gasteiger charge is -2.09. The molecule has 0 aliphatic heterocycles. The molecule has 6 heteroatoms. The Labute approximate surface area is 116 Å². The second-order valence-electron chi connectivity index (χ2n) is 4.33. The molecule has 0 radical (unpaired) electrons. The number of rotatable bonds is 5. The Balaban J connectivity index is 2.14. The lowest BCUT2D eigenvalue weighted by molar-refractivity contribution is 0.0508. The van der Waals surface area contributed by atoms with Crippen LogP contribution in [0.3, 0.4) is 0 Å². The molecule has 0 bridgehead atoms. The number of nitrogens with zero attached hydrogens (tertiary/aromatic N) is 2. The number of hydrogen-bond donors (Lipinski definition) is 0. The van der Waals surface area contributed by atoms with Gasteiger partial charge in [0.25, 0.3) is 11.7 Å². The van der Waals surface area contributed by atoms with E-state index >= 15 is 0 Å². The third kappa shape index (κ3) is 3.34. The minimum absolute atomic E-state index is 0.0793. The Kier molecular flexibility index (Phi) is 4.34. The summed E-state index contributed by atoms with van der Waals surface area (Å²) in [5.74, 6) is 0.352. The molecule has 2 rings (SSSR count). The lowest BCUT2D eigenvalue weighted by atomic mass is 10.2. The molecule has 0 saturated carbocycles. The molecule has 20 heavy (non-hydrogen) atoms. The van der Waals surface area contributed by atoms with Crippen LogP contribution in [0.15, 0.2) is 28.8 Å². The molecule has 0 amide bonds. The molecule has 0 N–H and O–H groups in total. The van der Waals surface area contributed by atoms with Crippen molar-refractivity contribution < 1.29 is 18.8 Å². The molecule has 1 aromatic heterocycles. The van der Waals surface area contributed by atoms with Gasteiger partial charge in [0.1, 0.15) is 5.75 Å². The highest BCUT2D eigenvalue weighted by atomic mass is 16.5. The number of benzene rings is 1. The van der Waals surface area contributed by atoms with Gasteiger partial charge in [-0.3, -0.25) is 0 Å². The second-order valence-corrected chi connectivity index (χ2v) is 4.33. The first-order valence-corrected chi connectivity index (χ1v) is 6.38. The van der Waals surface area contributed by atoms with Crippen molar-refractivity contribution in [1.82, 2.24) is 10.1 Å². The van der Waals surface area contributed by atoms with Gasteiger partial charge < -0.3 is 14.0 Å². The van der Waals surface area contributed by atoms with Crippen molar-refractivity contribution >= 4 is 5.97 Å². The van der Waals surface area contributed by atoms with E-state index in [0.29, 0.717) is 5.56 Å². The van der Waals surface area contributed by atoms with Gasteiger partial charge in [0.15, 0.2) is 0 Å². The smallest absolute Gasteiger partial charge is 0.379 e. The van der Waals surface area contributed by atoms with Gasteiger partial charge in [-0.2, -0.15) is 4.98 Å². The van der Waals surface area contributed by atoms with E-state index in [1.54, 1.807) is 19.1 Å². The number of ether oxygens (including phenoxy) is 2. The summed E-state index contributed by atoms with van der Waals surface area (Å²) in [6.07, 6.45) is 0.111. The van der Waals surface area contributed by atoms with Gasteiger partial charge in [-0.25, -0.2) is 4.79 Å². The Morgan fingerprint density at radius 2 is 2.00 bits per heavy atom. The van der Waals surface area contributed by atoms with Crippen molar-refractivity contribution in [1.29, 1.82) is 0 Å². The fourth-order valence-corrected chi connectivity index (χ4v) is 1.57. The maximum absolute atomic E-state index is 11.4. The zero-order valence-electron chi connectivity index (χ0n) is 11.6. The van der Waals surface area contributed by atoms with Crippen LogP contribution in [0.1, 0.15) is 31.4 Å².